The van der Waals surface area contributed by atoms with Crippen LogP contribution in [0.4, 0.5) is 17.5 Å². The molecule has 8 heteroatoms. The number of fused-ring (bicyclic) bond motifs is 2. The van der Waals surface area contributed by atoms with E-state index in [1.165, 1.54) is 11.8 Å². The highest BCUT2D eigenvalue weighted by atomic mass is 16.7. The van der Waals surface area contributed by atoms with Crippen molar-refractivity contribution < 1.29 is 19.0 Å². The molecule has 0 fully saturated rings. The number of para-hydroxylation sites is 1. The fourth-order valence-electron chi connectivity index (χ4n) is 3.78. The number of aromatic nitrogens is 2. The van der Waals surface area contributed by atoms with Crippen LogP contribution in [0.2, 0.25) is 0 Å². The van der Waals surface area contributed by atoms with Crippen molar-refractivity contribution in [1.82, 2.24) is 9.97 Å². The monoisotopic (exact) mass is 418 g/mol. The summed E-state index contributed by atoms with van der Waals surface area (Å²) < 4.78 is 16.0. The van der Waals surface area contributed by atoms with E-state index >= 15 is 0 Å². The number of hydrogen-bond acceptors (Lipinski definition) is 8. The highest BCUT2D eigenvalue weighted by Gasteiger charge is 2.24. The molecule has 0 saturated heterocycles. The summed E-state index contributed by atoms with van der Waals surface area (Å²) in [4.78, 5) is 23.7. The first-order valence-electron chi connectivity index (χ1n) is 10.2. The first kappa shape index (κ1) is 19.2. The summed E-state index contributed by atoms with van der Waals surface area (Å²) in [5.74, 6) is 1.97. The molecule has 8 nitrogen and oxygen atoms in total. The summed E-state index contributed by atoms with van der Waals surface area (Å²) in [7, 11) is 0. The maximum Gasteiger partial charge on any atom is 0.343 e. The van der Waals surface area contributed by atoms with E-state index in [-0.39, 0.29) is 13.4 Å². The molecule has 5 rings (SSSR count). The molecule has 0 atom stereocenters. The molecule has 0 bridgehead atoms. The maximum atomic E-state index is 12.5. The Morgan fingerprint density at radius 1 is 1.19 bits per heavy atom. The quantitative estimate of drug-likeness (QED) is 0.607. The summed E-state index contributed by atoms with van der Waals surface area (Å²) in [5.41, 5.74) is 3.63. The van der Waals surface area contributed by atoms with Gasteiger partial charge in [0.1, 0.15) is 11.4 Å². The lowest BCUT2D eigenvalue weighted by Crippen LogP contribution is -2.19. The van der Waals surface area contributed by atoms with Crippen LogP contribution in [0.15, 0.2) is 48.7 Å². The van der Waals surface area contributed by atoms with E-state index in [2.05, 4.69) is 27.3 Å². The van der Waals surface area contributed by atoms with Gasteiger partial charge < -0.3 is 24.4 Å². The Morgan fingerprint density at radius 2 is 2.06 bits per heavy atom. The highest BCUT2D eigenvalue weighted by Crippen LogP contribution is 2.34. The molecule has 2 aliphatic rings. The Morgan fingerprint density at radius 3 is 2.97 bits per heavy atom. The number of anilines is 3. The lowest BCUT2D eigenvalue weighted by Gasteiger charge is -2.19. The third kappa shape index (κ3) is 3.72. The predicted molar refractivity (Wildman–Crippen MR) is 115 cm³/mol. The summed E-state index contributed by atoms with van der Waals surface area (Å²) in [5, 5.41) is 3.27. The number of nitrogens with zero attached hydrogens (tertiary/aromatic N) is 3. The molecule has 0 aliphatic carbocycles. The van der Waals surface area contributed by atoms with E-state index in [1.54, 1.807) is 6.92 Å². The number of carbonyl (C=O) groups excluding carboxylic acids is 1. The Bertz CT molecular complexity index is 1130. The molecule has 0 spiro atoms. The maximum absolute atomic E-state index is 12.5. The smallest absolute Gasteiger partial charge is 0.343 e. The third-order valence-electron chi connectivity index (χ3n) is 5.30. The molecule has 3 aromatic rings. The van der Waals surface area contributed by atoms with Crippen molar-refractivity contribution in [3.05, 3.63) is 65.4 Å². The standard InChI is InChI=1S/C23H22N4O4/c1-2-29-22(28)17-13-25-23(27-10-9-16-5-3-4-6-18(16)27)26-21(17)24-12-15-7-8-19-20(11-15)31-14-30-19/h3-8,11,13H,2,9-10,12,14H2,1H3,(H,24,25,26). The molecule has 0 radical (unpaired) electrons. The zero-order chi connectivity index (χ0) is 21.2. The normalized spacial score (nSPS) is 13.8. The van der Waals surface area contributed by atoms with Gasteiger partial charge in [-0.15, -0.1) is 0 Å². The molecule has 1 aromatic heterocycles. The fraction of sp³-hybridized carbons (Fsp3) is 0.261. The van der Waals surface area contributed by atoms with Crippen molar-refractivity contribution in [3.8, 4) is 11.5 Å². The van der Waals surface area contributed by atoms with Crippen LogP contribution in [0.25, 0.3) is 0 Å². The van der Waals surface area contributed by atoms with Gasteiger partial charge in [-0.05, 0) is 42.7 Å². The van der Waals surface area contributed by atoms with Crippen LogP contribution in [-0.4, -0.2) is 35.9 Å². The summed E-state index contributed by atoms with van der Waals surface area (Å²) in [6.07, 6.45) is 2.46. The molecule has 0 amide bonds. The van der Waals surface area contributed by atoms with Crippen molar-refractivity contribution in [1.29, 1.82) is 0 Å². The van der Waals surface area contributed by atoms with Crippen LogP contribution < -0.4 is 19.7 Å². The van der Waals surface area contributed by atoms with Gasteiger partial charge in [0, 0.05) is 25.0 Å². The summed E-state index contributed by atoms with van der Waals surface area (Å²) in [6.45, 7) is 3.53. The number of rotatable bonds is 6. The van der Waals surface area contributed by atoms with E-state index in [0.717, 1.165) is 30.0 Å². The molecule has 31 heavy (non-hydrogen) atoms. The van der Waals surface area contributed by atoms with Crippen molar-refractivity contribution in [3.63, 3.8) is 0 Å². The van der Waals surface area contributed by atoms with E-state index in [4.69, 9.17) is 19.2 Å². The molecular weight excluding hydrogens is 396 g/mol. The topological polar surface area (TPSA) is 85.8 Å². The summed E-state index contributed by atoms with van der Waals surface area (Å²) in [6, 6.07) is 13.9. The molecule has 0 saturated carbocycles. The van der Waals surface area contributed by atoms with Gasteiger partial charge in [0.2, 0.25) is 12.7 Å². The average molecular weight is 418 g/mol. The van der Waals surface area contributed by atoms with E-state index < -0.39 is 5.97 Å². The second kappa shape index (κ2) is 8.14. The molecule has 158 valence electrons. The first-order chi connectivity index (χ1) is 15.2. The highest BCUT2D eigenvalue weighted by molar-refractivity contribution is 5.94. The zero-order valence-electron chi connectivity index (χ0n) is 17.1. The zero-order valence-corrected chi connectivity index (χ0v) is 17.1. The van der Waals surface area contributed by atoms with Crippen LogP contribution >= 0.6 is 0 Å². The average Bonchev–Trinajstić information content (AvgIpc) is 3.44. The number of esters is 1. The van der Waals surface area contributed by atoms with Crippen LogP contribution in [-0.2, 0) is 17.7 Å². The molecular formula is C23H22N4O4. The lowest BCUT2D eigenvalue weighted by atomic mass is 10.2. The van der Waals surface area contributed by atoms with Gasteiger partial charge >= 0.3 is 5.97 Å². The van der Waals surface area contributed by atoms with E-state index in [0.29, 0.717) is 29.6 Å². The van der Waals surface area contributed by atoms with Crippen molar-refractivity contribution in [2.24, 2.45) is 0 Å². The first-order valence-corrected chi connectivity index (χ1v) is 10.2. The Labute approximate surface area is 179 Å². The largest absolute Gasteiger partial charge is 0.462 e. The van der Waals surface area contributed by atoms with Gasteiger partial charge in [0.15, 0.2) is 11.5 Å². The number of hydrogen-bond donors (Lipinski definition) is 1. The SMILES string of the molecule is CCOC(=O)c1cnc(N2CCc3ccccc32)nc1NCc1ccc2c(c1)OCO2. The van der Waals surface area contributed by atoms with Gasteiger partial charge in [-0.1, -0.05) is 24.3 Å². The van der Waals surface area contributed by atoms with Gasteiger partial charge in [-0.3, -0.25) is 0 Å². The van der Waals surface area contributed by atoms with E-state index in [9.17, 15) is 4.79 Å². The van der Waals surface area contributed by atoms with E-state index in [1.807, 2.05) is 30.3 Å². The van der Waals surface area contributed by atoms with Crippen LogP contribution in [0, 0.1) is 0 Å². The second-order valence-electron chi connectivity index (χ2n) is 7.22. The van der Waals surface area contributed by atoms with Crippen LogP contribution in [0.1, 0.15) is 28.4 Å². The van der Waals surface area contributed by atoms with Gasteiger partial charge in [0.25, 0.3) is 0 Å². The molecule has 2 aliphatic heterocycles. The van der Waals surface area contributed by atoms with Gasteiger partial charge in [-0.2, -0.15) is 4.98 Å². The molecule has 1 N–H and O–H groups in total. The van der Waals surface area contributed by atoms with Gasteiger partial charge in [-0.25, -0.2) is 9.78 Å². The summed E-state index contributed by atoms with van der Waals surface area (Å²) >= 11 is 0. The minimum atomic E-state index is -0.455. The second-order valence-corrected chi connectivity index (χ2v) is 7.22. The fourth-order valence-corrected chi connectivity index (χ4v) is 3.78. The number of carbonyl (C=O) groups is 1. The third-order valence-corrected chi connectivity index (χ3v) is 5.30. The van der Waals surface area contributed by atoms with Crippen molar-refractivity contribution in [2.45, 2.75) is 19.9 Å². The van der Waals surface area contributed by atoms with Crippen molar-refractivity contribution >= 4 is 23.4 Å². The van der Waals surface area contributed by atoms with Crippen molar-refractivity contribution in [2.75, 3.05) is 30.2 Å². The Hall–Kier alpha value is -3.81. The molecule has 0 unspecified atom stereocenters. The Balaban J connectivity index is 1.43. The lowest BCUT2D eigenvalue weighted by molar-refractivity contribution is 0.0526. The van der Waals surface area contributed by atoms with Crippen LogP contribution in [0.5, 0.6) is 11.5 Å². The Kier molecular flexibility index (Phi) is 5.03. The minimum Gasteiger partial charge on any atom is -0.462 e. The predicted octanol–water partition coefficient (Wildman–Crippen LogP) is 3.69. The number of nitrogens with one attached hydrogen (secondary N) is 1. The molecule has 3 heterocycles. The minimum absolute atomic E-state index is 0.228. The molecule has 2 aromatic carbocycles. The van der Waals surface area contributed by atoms with Gasteiger partial charge in [0.05, 0.1) is 6.61 Å². The number of benzene rings is 2. The number of ether oxygens (including phenoxy) is 3. The van der Waals surface area contributed by atoms with Crippen LogP contribution in [0.3, 0.4) is 0 Å².